The Hall–Kier alpha value is -1.20. The number of nitrogens with zero attached hydrogens (tertiary/aromatic N) is 2. The topological polar surface area (TPSA) is 38.0 Å². The summed E-state index contributed by atoms with van der Waals surface area (Å²) in [5.74, 6) is -0.429. The van der Waals surface area contributed by atoms with Gasteiger partial charge >= 0.3 is 0 Å². The van der Waals surface area contributed by atoms with Crippen molar-refractivity contribution < 1.29 is 9.50 Å². The average Bonchev–Trinajstić information content (AvgIpc) is 2.80. The second-order valence-electron chi connectivity index (χ2n) is 4.36. The Morgan fingerprint density at radius 3 is 2.72 bits per heavy atom. The van der Waals surface area contributed by atoms with Gasteiger partial charge in [0, 0.05) is 22.3 Å². The van der Waals surface area contributed by atoms with E-state index < -0.39 is 11.9 Å². The van der Waals surface area contributed by atoms with Crippen LogP contribution in [-0.4, -0.2) is 14.9 Å². The van der Waals surface area contributed by atoms with Crippen molar-refractivity contribution in [2.24, 2.45) is 0 Å². The third-order valence-electron chi connectivity index (χ3n) is 2.72. The maximum atomic E-state index is 13.7. The van der Waals surface area contributed by atoms with Gasteiger partial charge < -0.3 is 5.11 Å². The number of aliphatic hydroxyl groups excluding tert-OH is 1. The summed E-state index contributed by atoms with van der Waals surface area (Å²) in [5, 5.41) is 14.4. The van der Waals surface area contributed by atoms with Crippen molar-refractivity contribution in [3.63, 3.8) is 0 Å². The minimum Gasteiger partial charge on any atom is -0.382 e. The lowest BCUT2D eigenvalue weighted by molar-refractivity contribution is 0.200. The van der Waals surface area contributed by atoms with E-state index in [0.29, 0.717) is 5.69 Å². The van der Waals surface area contributed by atoms with Gasteiger partial charge in [-0.3, -0.25) is 4.68 Å². The largest absolute Gasteiger partial charge is 0.382 e. The molecule has 96 valence electrons. The van der Waals surface area contributed by atoms with Crippen LogP contribution in [0.5, 0.6) is 0 Å². The Kier molecular flexibility index (Phi) is 3.82. The molecule has 0 amide bonds. The Morgan fingerprint density at radius 2 is 2.06 bits per heavy atom. The van der Waals surface area contributed by atoms with Gasteiger partial charge in [-0.15, -0.1) is 0 Å². The van der Waals surface area contributed by atoms with Gasteiger partial charge in [-0.2, -0.15) is 5.10 Å². The van der Waals surface area contributed by atoms with Crippen molar-refractivity contribution >= 4 is 15.9 Å². The van der Waals surface area contributed by atoms with Crippen molar-refractivity contribution in [1.82, 2.24) is 9.78 Å². The molecule has 1 heterocycles. The van der Waals surface area contributed by atoms with Crippen molar-refractivity contribution in [3.8, 4) is 0 Å². The molecule has 1 unspecified atom stereocenters. The van der Waals surface area contributed by atoms with Crippen molar-refractivity contribution in [2.75, 3.05) is 0 Å². The van der Waals surface area contributed by atoms with Crippen molar-refractivity contribution in [1.29, 1.82) is 0 Å². The molecule has 3 nitrogen and oxygen atoms in total. The van der Waals surface area contributed by atoms with E-state index in [1.807, 2.05) is 13.8 Å². The summed E-state index contributed by atoms with van der Waals surface area (Å²) in [7, 11) is 0. The molecule has 2 aromatic rings. The van der Waals surface area contributed by atoms with E-state index in [1.54, 1.807) is 29.1 Å². The van der Waals surface area contributed by atoms with Gasteiger partial charge in [-0.25, -0.2) is 4.39 Å². The lowest BCUT2D eigenvalue weighted by Crippen LogP contribution is -2.13. The maximum Gasteiger partial charge on any atom is 0.129 e. The highest BCUT2D eigenvalue weighted by Crippen LogP contribution is 2.27. The standard InChI is InChI=1S/C13H14BrFN2O/c1-8(2)17-12(5-6-16-17)13(18)10-7-9(14)3-4-11(10)15/h3-8,13,18H,1-2H3. The van der Waals surface area contributed by atoms with Gasteiger partial charge in [0.25, 0.3) is 0 Å². The van der Waals surface area contributed by atoms with Crippen LogP contribution in [0.2, 0.25) is 0 Å². The minimum absolute atomic E-state index is 0.111. The van der Waals surface area contributed by atoms with Gasteiger partial charge in [0.1, 0.15) is 11.9 Å². The molecule has 5 heteroatoms. The van der Waals surface area contributed by atoms with Crippen molar-refractivity contribution in [2.45, 2.75) is 26.0 Å². The van der Waals surface area contributed by atoms with E-state index >= 15 is 0 Å². The number of hydrogen-bond donors (Lipinski definition) is 1. The maximum absolute atomic E-state index is 13.7. The van der Waals surface area contributed by atoms with E-state index in [4.69, 9.17) is 0 Å². The molecule has 0 fully saturated rings. The van der Waals surface area contributed by atoms with E-state index in [9.17, 15) is 9.50 Å². The molecule has 0 aliphatic heterocycles. The van der Waals surface area contributed by atoms with E-state index in [2.05, 4.69) is 21.0 Å². The van der Waals surface area contributed by atoms with Crippen LogP contribution in [0.25, 0.3) is 0 Å². The van der Waals surface area contributed by atoms with E-state index in [-0.39, 0.29) is 11.6 Å². The first-order chi connectivity index (χ1) is 8.50. The van der Waals surface area contributed by atoms with Gasteiger partial charge in [-0.1, -0.05) is 15.9 Å². The first kappa shape index (κ1) is 13.2. The zero-order valence-corrected chi connectivity index (χ0v) is 11.7. The molecule has 0 bridgehead atoms. The molecule has 1 aromatic heterocycles. The molecule has 0 aliphatic carbocycles. The van der Waals surface area contributed by atoms with Crippen LogP contribution < -0.4 is 0 Å². The Bertz CT molecular complexity index is 554. The molecule has 0 saturated heterocycles. The van der Waals surface area contributed by atoms with Gasteiger partial charge in [0.15, 0.2) is 0 Å². The Balaban J connectivity index is 2.44. The molecule has 1 aromatic carbocycles. The lowest BCUT2D eigenvalue weighted by Gasteiger charge is -2.17. The van der Waals surface area contributed by atoms with Gasteiger partial charge in [0.2, 0.25) is 0 Å². The van der Waals surface area contributed by atoms with Crippen LogP contribution in [-0.2, 0) is 0 Å². The molecule has 2 rings (SSSR count). The van der Waals surface area contributed by atoms with Crippen LogP contribution in [0.3, 0.4) is 0 Å². The molecule has 0 radical (unpaired) electrons. The van der Waals surface area contributed by atoms with E-state index in [1.165, 1.54) is 6.07 Å². The fourth-order valence-electron chi connectivity index (χ4n) is 1.86. The summed E-state index contributed by atoms with van der Waals surface area (Å²) in [6.07, 6.45) is 0.585. The minimum atomic E-state index is -1.02. The smallest absolute Gasteiger partial charge is 0.129 e. The highest BCUT2D eigenvalue weighted by atomic mass is 79.9. The van der Waals surface area contributed by atoms with Crippen LogP contribution in [0.15, 0.2) is 34.9 Å². The molecule has 0 aliphatic rings. The van der Waals surface area contributed by atoms with Crippen molar-refractivity contribution in [3.05, 3.63) is 52.0 Å². The first-order valence-corrected chi connectivity index (χ1v) is 6.46. The summed E-state index contributed by atoms with van der Waals surface area (Å²) in [5.41, 5.74) is 0.828. The third kappa shape index (κ3) is 2.47. The summed E-state index contributed by atoms with van der Waals surface area (Å²) in [6.45, 7) is 3.92. The zero-order chi connectivity index (χ0) is 13.3. The predicted molar refractivity (Wildman–Crippen MR) is 70.8 cm³/mol. The second kappa shape index (κ2) is 5.20. The lowest BCUT2D eigenvalue weighted by atomic mass is 10.1. The first-order valence-electron chi connectivity index (χ1n) is 5.67. The summed E-state index contributed by atoms with van der Waals surface area (Å²) in [6, 6.07) is 6.33. The molecule has 0 spiro atoms. The number of aliphatic hydroxyl groups is 1. The summed E-state index contributed by atoms with van der Waals surface area (Å²) < 4.78 is 16.1. The SMILES string of the molecule is CC(C)n1nccc1C(O)c1cc(Br)ccc1F. The monoisotopic (exact) mass is 312 g/mol. The number of benzene rings is 1. The predicted octanol–water partition coefficient (Wildman–Crippen LogP) is 3.45. The molecular formula is C13H14BrFN2O. The number of aromatic nitrogens is 2. The molecular weight excluding hydrogens is 299 g/mol. The van der Waals surface area contributed by atoms with Gasteiger partial charge in [-0.05, 0) is 38.1 Å². The highest BCUT2D eigenvalue weighted by molar-refractivity contribution is 9.10. The van der Waals surface area contributed by atoms with Crippen LogP contribution in [0, 0.1) is 5.82 Å². The Labute approximate surface area is 113 Å². The highest BCUT2D eigenvalue weighted by Gasteiger charge is 2.20. The normalized spacial score (nSPS) is 13.0. The zero-order valence-electron chi connectivity index (χ0n) is 10.1. The fourth-order valence-corrected chi connectivity index (χ4v) is 2.23. The number of rotatable bonds is 3. The number of halogens is 2. The third-order valence-corrected chi connectivity index (χ3v) is 3.22. The van der Waals surface area contributed by atoms with Crippen LogP contribution >= 0.6 is 15.9 Å². The molecule has 1 atom stereocenters. The quantitative estimate of drug-likeness (QED) is 0.942. The average molecular weight is 313 g/mol. The fraction of sp³-hybridized carbons (Fsp3) is 0.308. The second-order valence-corrected chi connectivity index (χ2v) is 5.28. The summed E-state index contributed by atoms with van der Waals surface area (Å²) in [4.78, 5) is 0. The molecule has 18 heavy (non-hydrogen) atoms. The molecule has 1 N–H and O–H groups in total. The van der Waals surface area contributed by atoms with Gasteiger partial charge in [0.05, 0.1) is 5.69 Å². The van der Waals surface area contributed by atoms with Crippen LogP contribution in [0.4, 0.5) is 4.39 Å². The Morgan fingerprint density at radius 1 is 1.33 bits per heavy atom. The summed E-state index contributed by atoms with van der Waals surface area (Å²) >= 11 is 3.28. The van der Waals surface area contributed by atoms with Crippen LogP contribution in [0.1, 0.15) is 37.3 Å². The number of hydrogen-bond acceptors (Lipinski definition) is 2. The molecule has 0 saturated carbocycles. The van der Waals surface area contributed by atoms with E-state index in [0.717, 1.165) is 4.47 Å².